The molecule has 0 aliphatic carbocycles. The number of amides is 3. The van der Waals surface area contributed by atoms with Crippen LogP contribution in [0, 0.1) is 17.5 Å². The maximum absolute atomic E-state index is 13.3. The fourth-order valence-electron chi connectivity index (χ4n) is 1.74. The second kappa shape index (κ2) is 5.91. The van der Waals surface area contributed by atoms with Gasteiger partial charge in [-0.1, -0.05) is 0 Å². The average Bonchev–Trinajstić information content (AvgIpc) is 2.86. The molecular formula is C12H11F3N2O3. The monoisotopic (exact) mass is 288 g/mol. The molecular weight excluding hydrogens is 277 g/mol. The zero-order chi connectivity index (χ0) is 14.7. The smallest absolute Gasteiger partial charge is 0.322 e. The molecule has 2 rings (SSSR count). The van der Waals surface area contributed by atoms with E-state index >= 15 is 0 Å². The summed E-state index contributed by atoms with van der Waals surface area (Å²) in [6.07, 6.45) is 0.598. The van der Waals surface area contributed by atoms with Gasteiger partial charge in [0.15, 0.2) is 11.6 Å². The summed E-state index contributed by atoms with van der Waals surface area (Å²) in [5, 5.41) is 4.28. The van der Waals surface area contributed by atoms with Crippen LogP contribution in [0.4, 0.5) is 18.0 Å². The second-order valence-electron chi connectivity index (χ2n) is 4.23. The van der Waals surface area contributed by atoms with Gasteiger partial charge in [-0.3, -0.25) is 10.1 Å². The van der Waals surface area contributed by atoms with Crippen molar-refractivity contribution in [2.24, 2.45) is 0 Å². The maximum atomic E-state index is 13.3. The first-order valence-corrected chi connectivity index (χ1v) is 5.81. The Morgan fingerprint density at radius 3 is 2.50 bits per heavy atom. The Labute approximate surface area is 112 Å². The van der Waals surface area contributed by atoms with Crippen molar-refractivity contribution in [3.8, 4) is 0 Å². The minimum Gasteiger partial charge on any atom is -0.379 e. The van der Waals surface area contributed by atoms with E-state index in [1.807, 2.05) is 5.32 Å². The molecule has 1 aromatic rings. The zero-order valence-electron chi connectivity index (χ0n) is 10.2. The van der Waals surface area contributed by atoms with E-state index in [4.69, 9.17) is 4.74 Å². The summed E-state index contributed by atoms with van der Waals surface area (Å²) < 4.78 is 44.0. The molecule has 5 nitrogen and oxygen atoms in total. The van der Waals surface area contributed by atoms with Crippen LogP contribution in [0.3, 0.4) is 0 Å². The van der Waals surface area contributed by atoms with Crippen LogP contribution in [0.25, 0.3) is 0 Å². The molecule has 0 spiro atoms. The van der Waals surface area contributed by atoms with E-state index in [-0.39, 0.29) is 12.1 Å². The van der Waals surface area contributed by atoms with Gasteiger partial charge in [0, 0.05) is 12.7 Å². The third kappa shape index (κ3) is 3.27. The van der Waals surface area contributed by atoms with Crippen molar-refractivity contribution in [2.75, 3.05) is 13.2 Å². The fourth-order valence-corrected chi connectivity index (χ4v) is 1.74. The van der Waals surface area contributed by atoms with Crippen LogP contribution in [0.2, 0.25) is 0 Å². The van der Waals surface area contributed by atoms with Crippen LogP contribution in [0.1, 0.15) is 16.8 Å². The number of urea groups is 1. The summed E-state index contributed by atoms with van der Waals surface area (Å²) in [7, 11) is 0. The van der Waals surface area contributed by atoms with Crippen LogP contribution in [-0.2, 0) is 4.74 Å². The molecule has 1 saturated heterocycles. The zero-order valence-corrected chi connectivity index (χ0v) is 10.2. The van der Waals surface area contributed by atoms with E-state index in [9.17, 15) is 22.8 Å². The molecule has 0 bridgehead atoms. The van der Waals surface area contributed by atoms with Gasteiger partial charge in [0.2, 0.25) is 0 Å². The molecule has 8 heteroatoms. The van der Waals surface area contributed by atoms with Crippen LogP contribution in [0.15, 0.2) is 12.1 Å². The predicted octanol–water partition coefficient (Wildman–Crippen LogP) is 1.33. The van der Waals surface area contributed by atoms with Crippen molar-refractivity contribution < 1.29 is 27.5 Å². The Morgan fingerprint density at radius 2 is 1.85 bits per heavy atom. The van der Waals surface area contributed by atoms with Crippen LogP contribution < -0.4 is 10.6 Å². The molecule has 1 aromatic carbocycles. The average molecular weight is 288 g/mol. The first-order chi connectivity index (χ1) is 9.47. The third-order valence-electron chi connectivity index (χ3n) is 2.75. The number of nitrogens with one attached hydrogen (secondary N) is 2. The first-order valence-electron chi connectivity index (χ1n) is 5.81. The van der Waals surface area contributed by atoms with Gasteiger partial charge < -0.3 is 10.1 Å². The lowest BCUT2D eigenvalue weighted by molar-refractivity contribution is 0.0958. The molecule has 1 fully saturated rings. The molecule has 20 heavy (non-hydrogen) atoms. The number of benzene rings is 1. The molecule has 1 aliphatic rings. The number of hydrogen-bond donors (Lipinski definition) is 2. The third-order valence-corrected chi connectivity index (χ3v) is 2.75. The van der Waals surface area contributed by atoms with Crippen molar-refractivity contribution in [1.82, 2.24) is 10.6 Å². The summed E-state index contributed by atoms with van der Waals surface area (Å²) in [5.41, 5.74) is -0.748. The lowest BCUT2D eigenvalue weighted by Gasteiger charge is -2.11. The van der Waals surface area contributed by atoms with Crippen LogP contribution >= 0.6 is 0 Å². The predicted molar refractivity (Wildman–Crippen MR) is 61.5 cm³/mol. The molecule has 2 N–H and O–H groups in total. The van der Waals surface area contributed by atoms with Gasteiger partial charge in [0.25, 0.3) is 5.91 Å². The number of imide groups is 1. The SMILES string of the molecule is O=C(NC(=O)c1cc(F)c(F)cc1F)N[C@@H]1CCOC1. The van der Waals surface area contributed by atoms with E-state index in [0.717, 1.165) is 0 Å². The van der Waals surface area contributed by atoms with Crippen molar-refractivity contribution in [3.05, 3.63) is 35.1 Å². The fraction of sp³-hybridized carbons (Fsp3) is 0.333. The van der Waals surface area contributed by atoms with E-state index in [1.165, 1.54) is 0 Å². The van der Waals surface area contributed by atoms with Crippen LogP contribution in [-0.4, -0.2) is 31.2 Å². The summed E-state index contributed by atoms with van der Waals surface area (Å²) in [6.45, 7) is 0.817. The summed E-state index contributed by atoms with van der Waals surface area (Å²) in [4.78, 5) is 23.0. The van der Waals surface area contributed by atoms with E-state index < -0.39 is 35.0 Å². The normalized spacial score (nSPS) is 17.9. The highest BCUT2D eigenvalue weighted by Gasteiger charge is 2.21. The van der Waals surface area contributed by atoms with E-state index in [0.29, 0.717) is 25.7 Å². The lowest BCUT2D eigenvalue weighted by atomic mass is 10.2. The lowest BCUT2D eigenvalue weighted by Crippen LogP contribution is -2.45. The van der Waals surface area contributed by atoms with Gasteiger partial charge in [-0.25, -0.2) is 18.0 Å². The summed E-state index contributed by atoms with van der Waals surface area (Å²) in [6, 6.07) is -0.453. The Hall–Kier alpha value is -2.09. The second-order valence-corrected chi connectivity index (χ2v) is 4.23. The maximum Gasteiger partial charge on any atom is 0.322 e. The van der Waals surface area contributed by atoms with E-state index in [1.54, 1.807) is 0 Å². The minimum absolute atomic E-state index is 0.238. The van der Waals surface area contributed by atoms with Gasteiger partial charge in [0.1, 0.15) is 5.82 Å². The molecule has 0 saturated carbocycles. The Balaban J connectivity index is 2.00. The van der Waals surface area contributed by atoms with Gasteiger partial charge in [-0.05, 0) is 12.5 Å². The van der Waals surface area contributed by atoms with Crippen LogP contribution in [0.5, 0.6) is 0 Å². The van der Waals surface area contributed by atoms with Gasteiger partial charge in [-0.2, -0.15) is 0 Å². The highest BCUT2D eigenvalue weighted by atomic mass is 19.2. The number of hydrogen-bond acceptors (Lipinski definition) is 3. The molecule has 1 atom stereocenters. The van der Waals surface area contributed by atoms with Gasteiger partial charge in [0.05, 0.1) is 18.2 Å². The van der Waals surface area contributed by atoms with Gasteiger partial charge in [-0.15, -0.1) is 0 Å². The molecule has 0 aromatic heterocycles. The largest absolute Gasteiger partial charge is 0.379 e. The first kappa shape index (κ1) is 14.3. The number of rotatable bonds is 2. The van der Waals surface area contributed by atoms with Crippen molar-refractivity contribution in [3.63, 3.8) is 0 Å². The highest BCUT2D eigenvalue weighted by molar-refractivity contribution is 6.04. The number of halogens is 3. The summed E-state index contributed by atoms with van der Waals surface area (Å²) in [5.74, 6) is -5.19. The Kier molecular flexibility index (Phi) is 4.23. The standard InChI is InChI=1S/C12H11F3N2O3/c13-8-4-10(15)9(14)3-7(8)11(18)17-12(19)16-6-1-2-20-5-6/h3-4,6H,1-2,5H2,(H2,16,17,18,19)/t6-/m1/s1. The number of carbonyl (C=O) groups is 2. The van der Waals surface area contributed by atoms with E-state index in [2.05, 4.69) is 5.32 Å². The Bertz CT molecular complexity index is 545. The molecule has 3 amide bonds. The minimum atomic E-state index is -1.41. The van der Waals surface area contributed by atoms with Gasteiger partial charge >= 0.3 is 6.03 Å². The summed E-state index contributed by atoms with van der Waals surface area (Å²) >= 11 is 0. The van der Waals surface area contributed by atoms with Crippen molar-refractivity contribution >= 4 is 11.9 Å². The quantitative estimate of drug-likeness (QED) is 0.807. The molecule has 0 unspecified atom stereocenters. The highest BCUT2D eigenvalue weighted by Crippen LogP contribution is 2.13. The topological polar surface area (TPSA) is 67.4 Å². The molecule has 1 aliphatic heterocycles. The molecule has 1 heterocycles. The van der Waals surface area contributed by atoms with Crippen molar-refractivity contribution in [2.45, 2.75) is 12.5 Å². The molecule has 108 valence electrons. The van der Waals surface area contributed by atoms with Crippen molar-refractivity contribution in [1.29, 1.82) is 0 Å². The number of carbonyl (C=O) groups excluding carboxylic acids is 2. The Morgan fingerprint density at radius 1 is 1.15 bits per heavy atom. The molecule has 0 radical (unpaired) electrons. The number of ether oxygens (including phenoxy) is 1.